The van der Waals surface area contributed by atoms with Crippen LogP contribution in [0.5, 0.6) is 0 Å². The number of rotatable bonds is 3. The molecule has 0 saturated carbocycles. The van der Waals surface area contributed by atoms with Crippen molar-refractivity contribution in [3.05, 3.63) is 75.3 Å². The van der Waals surface area contributed by atoms with Crippen LogP contribution in [-0.4, -0.2) is 10.5 Å². The lowest BCUT2D eigenvalue weighted by Crippen LogP contribution is -2.16. The fourth-order valence-electron chi connectivity index (χ4n) is 2.29. The van der Waals surface area contributed by atoms with Gasteiger partial charge in [-0.05, 0) is 24.3 Å². The molecule has 0 aliphatic heterocycles. The molecule has 3 rings (SSSR count). The van der Waals surface area contributed by atoms with Gasteiger partial charge in [0.15, 0.2) is 4.80 Å². The molecule has 122 valence electrons. The molecule has 0 atom stereocenters. The number of fused-ring (bicyclic) bond motifs is 1. The monoisotopic (exact) mass is 380 g/mol. The van der Waals surface area contributed by atoms with Gasteiger partial charge in [0, 0.05) is 11.6 Å². The minimum absolute atomic E-state index is 0.0794. The molecule has 0 radical (unpaired) electrons. The van der Waals surface area contributed by atoms with Gasteiger partial charge in [0.1, 0.15) is 5.82 Å². The number of amides is 1. The molecule has 0 spiro atoms. The van der Waals surface area contributed by atoms with Crippen molar-refractivity contribution in [1.29, 1.82) is 0 Å². The summed E-state index contributed by atoms with van der Waals surface area (Å²) in [4.78, 5) is 16.8. The largest absolute Gasteiger partial charge is 0.311 e. The molecule has 7 heteroatoms. The SMILES string of the molecule is C=CCn1c(=NC(=O)c2ccccc2F)sc2cc(Cl)cc(Cl)c21. The Labute approximate surface area is 151 Å². The maximum absolute atomic E-state index is 13.8. The van der Waals surface area contributed by atoms with Gasteiger partial charge in [0.05, 0.1) is 20.8 Å². The minimum Gasteiger partial charge on any atom is -0.311 e. The van der Waals surface area contributed by atoms with E-state index in [4.69, 9.17) is 23.2 Å². The van der Waals surface area contributed by atoms with Gasteiger partial charge in [-0.15, -0.1) is 6.58 Å². The Balaban J connectivity index is 2.23. The van der Waals surface area contributed by atoms with Gasteiger partial charge in [-0.3, -0.25) is 4.79 Å². The average molecular weight is 381 g/mol. The third-order valence-electron chi connectivity index (χ3n) is 3.31. The standard InChI is InChI=1S/C17H11Cl2FN2OS/c1-2-7-22-15-12(19)8-10(18)9-14(15)24-17(22)21-16(23)11-5-3-4-6-13(11)20/h2-6,8-9H,1,7H2. The van der Waals surface area contributed by atoms with Crippen LogP contribution in [0.15, 0.2) is 54.0 Å². The summed E-state index contributed by atoms with van der Waals surface area (Å²) in [5.41, 5.74) is 0.635. The number of benzene rings is 2. The number of carbonyl (C=O) groups excluding carboxylic acids is 1. The summed E-state index contributed by atoms with van der Waals surface area (Å²) in [7, 11) is 0. The zero-order valence-electron chi connectivity index (χ0n) is 12.3. The van der Waals surface area contributed by atoms with E-state index in [9.17, 15) is 9.18 Å². The Morgan fingerprint density at radius 1 is 1.33 bits per heavy atom. The molecule has 3 nitrogen and oxygen atoms in total. The quantitative estimate of drug-likeness (QED) is 0.583. The van der Waals surface area contributed by atoms with Crippen molar-refractivity contribution in [2.75, 3.05) is 0 Å². The summed E-state index contributed by atoms with van der Waals surface area (Å²) in [5.74, 6) is -1.26. The van der Waals surface area contributed by atoms with Crippen LogP contribution in [0.4, 0.5) is 4.39 Å². The molecule has 3 aromatic rings. The first-order valence-electron chi connectivity index (χ1n) is 6.94. The molecule has 0 N–H and O–H groups in total. The molecule has 0 bridgehead atoms. The van der Waals surface area contributed by atoms with E-state index in [1.807, 2.05) is 0 Å². The first kappa shape index (κ1) is 16.9. The number of halogens is 3. The van der Waals surface area contributed by atoms with Crippen LogP contribution in [0, 0.1) is 5.82 Å². The highest BCUT2D eigenvalue weighted by Crippen LogP contribution is 2.29. The summed E-state index contributed by atoms with van der Waals surface area (Å²) >= 11 is 13.6. The molecule has 1 heterocycles. The van der Waals surface area contributed by atoms with Crippen molar-refractivity contribution in [3.63, 3.8) is 0 Å². The lowest BCUT2D eigenvalue weighted by molar-refractivity contribution is 0.0994. The molecule has 2 aromatic carbocycles. The minimum atomic E-state index is -0.653. The number of thiazole rings is 1. The van der Waals surface area contributed by atoms with E-state index in [1.54, 1.807) is 28.8 Å². The van der Waals surface area contributed by atoms with E-state index in [-0.39, 0.29) is 5.56 Å². The number of nitrogens with zero attached hydrogens (tertiary/aromatic N) is 2. The molecule has 0 fully saturated rings. The average Bonchev–Trinajstić information content (AvgIpc) is 2.85. The van der Waals surface area contributed by atoms with Crippen LogP contribution in [0.1, 0.15) is 10.4 Å². The fourth-order valence-corrected chi connectivity index (χ4v) is 4.11. The van der Waals surface area contributed by atoms with E-state index in [1.165, 1.54) is 29.5 Å². The van der Waals surface area contributed by atoms with E-state index in [2.05, 4.69) is 11.6 Å². The molecule has 0 unspecified atom stereocenters. The van der Waals surface area contributed by atoms with Crippen molar-refractivity contribution >= 4 is 50.7 Å². The third-order valence-corrected chi connectivity index (χ3v) is 4.84. The predicted octanol–water partition coefficient (Wildman–Crippen LogP) is 5.08. The van der Waals surface area contributed by atoms with Gasteiger partial charge in [-0.2, -0.15) is 4.99 Å². The Kier molecular flexibility index (Phi) is 4.85. The van der Waals surface area contributed by atoms with Gasteiger partial charge >= 0.3 is 0 Å². The summed E-state index contributed by atoms with van der Waals surface area (Å²) in [6.07, 6.45) is 1.67. The van der Waals surface area contributed by atoms with Crippen LogP contribution in [0.3, 0.4) is 0 Å². The van der Waals surface area contributed by atoms with Crippen LogP contribution in [0.2, 0.25) is 10.0 Å². The summed E-state index contributed by atoms with van der Waals surface area (Å²) in [6.45, 7) is 4.12. The van der Waals surface area contributed by atoms with E-state index < -0.39 is 11.7 Å². The lowest BCUT2D eigenvalue weighted by atomic mass is 10.2. The topological polar surface area (TPSA) is 34.4 Å². The molecule has 0 aliphatic rings. The second-order valence-corrected chi connectivity index (χ2v) is 6.77. The van der Waals surface area contributed by atoms with Crippen molar-refractivity contribution in [2.45, 2.75) is 6.54 Å². The second kappa shape index (κ2) is 6.89. The maximum Gasteiger partial charge on any atom is 0.282 e. The van der Waals surface area contributed by atoms with Crippen LogP contribution in [-0.2, 0) is 6.54 Å². The Morgan fingerprint density at radius 2 is 2.08 bits per heavy atom. The van der Waals surface area contributed by atoms with Crippen molar-refractivity contribution in [2.24, 2.45) is 4.99 Å². The van der Waals surface area contributed by atoms with Crippen LogP contribution < -0.4 is 4.80 Å². The van der Waals surface area contributed by atoms with E-state index in [0.717, 1.165) is 4.70 Å². The van der Waals surface area contributed by atoms with Crippen LogP contribution >= 0.6 is 34.5 Å². The maximum atomic E-state index is 13.8. The molecular formula is C17H11Cl2FN2OS. The lowest BCUT2D eigenvalue weighted by Gasteiger charge is -2.03. The summed E-state index contributed by atoms with van der Waals surface area (Å²) in [5, 5.41) is 0.946. The molecule has 24 heavy (non-hydrogen) atoms. The van der Waals surface area contributed by atoms with Crippen LogP contribution in [0.25, 0.3) is 10.2 Å². The molecule has 0 aliphatic carbocycles. The van der Waals surface area contributed by atoms with Gasteiger partial charge < -0.3 is 4.57 Å². The molecular weight excluding hydrogens is 370 g/mol. The summed E-state index contributed by atoms with van der Waals surface area (Å²) in [6, 6.07) is 9.11. The van der Waals surface area contributed by atoms with E-state index in [0.29, 0.717) is 26.9 Å². The first-order chi connectivity index (χ1) is 11.5. The second-order valence-electron chi connectivity index (χ2n) is 4.92. The normalized spacial score (nSPS) is 11.9. The zero-order valence-corrected chi connectivity index (χ0v) is 14.6. The Hall–Kier alpha value is -1.95. The summed E-state index contributed by atoms with van der Waals surface area (Å²) < 4.78 is 16.3. The number of hydrogen-bond acceptors (Lipinski definition) is 2. The number of aromatic nitrogens is 1. The van der Waals surface area contributed by atoms with Gasteiger partial charge in [-0.25, -0.2) is 4.39 Å². The Morgan fingerprint density at radius 3 is 2.79 bits per heavy atom. The number of hydrogen-bond donors (Lipinski definition) is 0. The highest BCUT2D eigenvalue weighted by atomic mass is 35.5. The van der Waals surface area contributed by atoms with Crippen molar-refractivity contribution < 1.29 is 9.18 Å². The van der Waals surface area contributed by atoms with E-state index >= 15 is 0 Å². The number of carbonyl (C=O) groups is 1. The van der Waals surface area contributed by atoms with Crippen molar-refractivity contribution in [1.82, 2.24) is 4.57 Å². The number of allylic oxidation sites excluding steroid dienone is 1. The highest BCUT2D eigenvalue weighted by molar-refractivity contribution is 7.16. The molecule has 1 amide bonds. The third kappa shape index (κ3) is 3.15. The highest BCUT2D eigenvalue weighted by Gasteiger charge is 2.14. The van der Waals surface area contributed by atoms with Crippen molar-refractivity contribution in [3.8, 4) is 0 Å². The first-order valence-corrected chi connectivity index (χ1v) is 8.51. The van der Waals surface area contributed by atoms with Gasteiger partial charge in [-0.1, -0.05) is 52.7 Å². The molecule has 0 saturated heterocycles. The fraction of sp³-hybridized carbons (Fsp3) is 0.0588. The van der Waals surface area contributed by atoms with Gasteiger partial charge in [0.25, 0.3) is 5.91 Å². The Bertz CT molecular complexity index is 1020. The zero-order chi connectivity index (χ0) is 17.3. The molecule has 1 aromatic heterocycles. The predicted molar refractivity (Wildman–Crippen MR) is 96.3 cm³/mol. The smallest absolute Gasteiger partial charge is 0.282 e. The van der Waals surface area contributed by atoms with Gasteiger partial charge in [0.2, 0.25) is 0 Å².